The third-order valence-corrected chi connectivity index (χ3v) is 2.25. The van der Waals surface area contributed by atoms with Crippen LogP contribution in [0.1, 0.15) is 16.3 Å². The van der Waals surface area contributed by atoms with E-state index in [9.17, 15) is 4.79 Å². The Bertz CT molecular complexity index is 501. The molecule has 2 aromatic heterocycles. The number of carbonyl (C=O) groups is 1. The van der Waals surface area contributed by atoms with Crippen molar-refractivity contribution in [2.24, 2.45) is 0 Å². The molecule has 84 valence electrons. The standard InChI is InChI=1S/C9H11N5O2/c1-7-10-2-3-13(7)4-5-14-6-8(9(15)16)11-12-14/h2-3,6H,4-5H2,1H3,(H,15,16). The molecule has 0 fully saturated rings. The summed E-state index contributed by atoms with van der Waals surface area (Å²) in [5.74, 6) is -0.149. The third kappa shape index (κ3) is 2.08. The summed E-state index contributed by atoms with van der Waals surface area (Å²) in [7, 11) is 0. The molecule has 0 unspecified atom stereocenters. The van der Waals surface area contributed by atoms with Gasteiger partial charge in [-0.1, -0.05) is 5.21 Å². The van der Waals surface area contributed by atoms with Crippen LogP contribution in [0.3, 0.4) is 0 Å². The van der Waals surface area contributed by atoms with E-state index in [2.05, 4.69) is 15.3 Å². The van der Waals surface area contributed by atoms with Crippen molar-refractivity contribution in [2.45, 2.75) is 20.0 Å². The molecule has 0 aliphatic heterocycles. The van der Waals surface area contributed by atoms with E-state index in [1.807, 2.05) is 17.7 Å². The van der Waals surface area contributed by atoms with E-state index >= 15 is 0 Å². The summed E-state index contributed by atoms with van der Waals surface area (Å²) in [6, 6.07) is 0. The van der Waals surface area contributed by atoms with Gasteiger partial charge in [-0.3, -0.25) is 0 Å². The second-order valence-electron chi connectivity index (χ2n) is 3.34. The Morgan fingerprint density at radius 1 is 1.50 bits per heavy atom. The van der Waals surface area contributed by atoms with Crippen LogP contribution in [0, 0.1) is 6.92 Å². The number of carboxylic acids is 1. The van der Waals surface area contributed by atoms with Crippen LogP contribution >= 0.6 is 0 Å². The maximum atomic E-state index is 10.6. The Morgan fingerprint density at radius 2 is 2.31 bits per heavy atom. The minimum absolute atomic E-state index is 0.0395. The van der Waals surface area contributed by atoms with Crippen molar-refractivity contribution in [3.8, 4) is 0 Å². The molecule has 0 aliphatic rings. The van der Waals surface area contributed by atoms with Gasteiger partial charge < -0.3 is 9.67 Å². The molecule has 0 aliphatic carbocycles. The lowest BCUT2D eigenvalue weighted by Crippen LogP contribution is -2.08. The second kappa shape index (κ2) is 4.13. The highest BCUT2D eigenvalue weighted by atomic mass is 16.4. The predicted octanol–water partition coefficient (Wildman–Crippen LogP) is 0.181. The van der Waals surface area contributed by atoms with Crippen molar-refractivity contribution in [2.75, 3.05) is 0 Å². The summed E-state index contributed by atoms with van der Waals surface area (Å²) in [5, 5.41) is 15.9. The molecule has 0 saturated carbocycles. The first-order valence-corrected chi connectivity index (χ1v) is 4.78. The zero-order chi connectivity index (χ0) is 11.5. The Balaban J connectivity index is 2.00. The minimum atomic E-state index is -1.06. The smallest absolute Gasteiger partial charge is 0.358 e. The van der Waals surface area contributed by atoms with Gasteiger partial charge in [-0.15, -0.1) is 5.10 Å². The van der Waals surface area contributed by atoms with Crippen LogP contribution in [-0.2, 0) is 13.1 Å². The first-order valence-electron chi connectivity index (χ1n) is 4.78. The number of hydrogen-bond acceptors (Lipinski definition) is 4. The molecule has 1 N–H and O–H groups in total. The molecule has 2 heterocycles. The van der Waals surface area contributed by atoms with Crippen LogP contribution in [-0.4, -0.2) is 35.6 Å². The first kappa shape index (κ1) is 10.3. The molecule has 0 bridgehead atoms. The van der Waals surface area contributed by atoms with Crippen molar-refractivity contribution in [3.63, 3.8) is 0 Å². The lowest BCUT2D eigenvalue weighted by atomic mass is 10.5. The fourth-order valence-electron chi connectivity index (χ4n) is 1.36. The van der Waals surface area contributed by atoms with Crippen LogP contribution in [0.15, 0.2) is 18.6 Å². The van der Waals surface area contributed by atoms with Crippen LogP contribution in [0.4, 0.5) is 0 Å². The fraction of sp³-hybridized carbons (Fsp3) is 0.333. The Morgan fingerprint density at radius 3 is 2.88 bits per heavy atom. The van der Waals surface area contributed by atoms with Gasteiger partial charge in [0, 0.05) is 18.9 Å². The molecule has 16 heavy (non-hydrogen) atoms. The number of aromatic nitrogens is 5. The third-order valence-electron chi connectivity index (χ3n) is 2.25. The largest absolute Gasteiger partial charge is 0.476 e. The highest BCUT2D eigenvalue weighted by Crippen LogP contribution is 1.98. The van der Waals surface area contributed by atoms with E-state index in [1.165, 1.54) is 10.9 Å². The van der Waals surface area contributed by atoms with Crippen molar-refractivity contribution in [1.82, 2.24) is 24.5 Å². The molecule has 7 nitrogen and oxygen atoms in total. The summed E-state index contributed by atoms with van der Waals surface area (Å²) >= 11 is 0. The number of aryl methyl sites for hydroxylation is 3. The highest BCUT2D eigenvalue weighted by molar-refractivity contribution is 5.84. The van der Waals surface area contributed by atoms with E-state index in [1.54, 1.807) is 6.20 Å². The second-order valence-corrected chi connectivity index (χ2v) is 3.34. The van der Waals surface area contributed by atoms with Gasteiger partial charge in [0.25, 0.3) is 0 Å². The Hall–Kier alpha value is -2.18. The molecule has 0 aromatic carbocycles. The van der Waals surface area contributed by atoms with Gasteiger partial charge in [0.2, 0.25) is 0 Å². The molecule has 2 rings (SSSR count). The molecule has 0 saturated heterocycles. The van der Waals surface area contributed by atoms with Crippen molar-refractivity contribution < 1.29 is 9.90 Å². The average Bonchev–Trinajstić information content (AvgIpc) is 2.83. The molecule has 2 aromatic rings. The van der Waals surface area contributed by atoms with Crippen LogP contribution in [0.2, 0.25) is 0 Å². The normalized spacial score (nSPS) is 10.6. The monoisotopic (exact) mass is 221 g/mol. The van der Waals surface area contributed by atoms with Gasteiger partial charge in [-0.2, -0.15) is 0 Å². The summed E-state index contributed by atoms with van der Waals surface area (Å²) in [4.78, 5) is 14.7. The lowest BCUT2D eigenvalue weighted by Gasteiger charge is -2.03. The average molecular weight is 221 g/mol. The summed E-state index contributed by atoms with van der Waals surface area (Å²) in [6.07, 6.45) is 5.00. The van der Waals surface area contributed by atoms with E-state index in [0.29, 0.717) is 13.1 Å². The molecule has 7 heteroatoms. The highest BCUT2D eigenvalue weighted by Gasteiger charge is 2.07. The van der Waals surface area contributed by atoms with Gasteiger partial charge >= 0.3 is 5.97 Å². The molecule has 0 amide bonds. The van der Waals surface area contributed by atoms with Gasteiger partial charge in [0.1, 0.15) is 5.82 Å². The number of rotatable bonds is 4. The molecule has 0 radical (unpaired) electrons. The quantitative estimate of drug-likeness (QED) is 0.796. The van der Waals surface area contributed by atoms with Crippen molar-refractivity contribution in [3.05, 3.63) is 30.1 Å². The van der Waals surface area contributed by atoms with Crippen LogP contribution < -0.4 is 0 Å². The maximum Gasteiger partial charge on any atom is 0.358 e. The zero-order valence-corrected chi connectivity index (χ0v) is 8.74. The van der Waals surface area contributed by atoms with Gasteiger partial charge in [-0.05, 0) is 6.92 Å². The maximum absolute atomic E-state index is 10.6. The summed E-state index contributed by atoms with van der Waals surface area (Å²) in [5.41, 5.74) is -0.0395. The zero-order valence-electron chi connectivity index (χ0n) is 8.74. The summed E-state index contributed by atoms with van der Waals surface area (Å²) < 4.78 is 3.46. The number of nitrogens with zero attached hydrogens (tertiary/aromatic N) is 5. The molecular weight excluding hydrogens is 210 g/mol. The molecule has 0 spiro atoms. The lowest BCUT2D eigenvalue weighted by molar-refractivity contribution is 0.0690. The first-order chi connectivity index (χ1) is 7.66. The fourth-order valence-corrected chi connectivity index (χ4v) is 1.36. The number of hydrogen-bond donors (Lipinski definition) is 1. The Labute approximate surface area is 91.3 Å². The minimum Gasteiger partial charge on any atom is -0.476 e. The van der Waals surface area contributed by atoms with E-state index in [4.69, 9.17) is 5.11 Å². The SMILES string of the molecule is Cc1nccn1CCn1cc(C(=O)O)nn1. The van der Waals surface area contributed by atoms with Crippen molar-refractivity contribution in [1.29, 1.82) is 0 Å². The molecular formula is C9H11N5O2. The van der Waals surface area contributed by atoms with Gasteiger partial charge in [0.05, 0.1) is 12.7 Å². The van der Waals surface area contributed by atoms with E-state index < -0.39 is 5.97 Å². The number of aromatic carboxylic acids is 1. The summed E-state index contributed by atoms with van der Waals surface area (Å²) in [6.45, 7) is 3.16. The van der Waals surface area contributed by atoms with E-state index in [-0.39, 0.29) is 5.69 Å². The predicted molar refractivity (Wildman–Crippen MR) is 53.9 cm³/mol. The van der Waals surface area contributed by atoms with Gasteiger partial charge in [0.15, 0.2) is 5.69 Å². The molecule has 0 atom stereocenters. The van der Waals surface area contributed by atoms with Crippen LogP contribution in [0.5, 0.6) is 0 Å². The van der Waals surface area contributed by atoms with E-state index in [0.717, 1.165) is 5.82 Å². The Kier molecular flexibility index (Phi) is 2.67. The van der Waals surface area contributed by atoms with Gasteiger partial charge in [-0.25, -0.2) is 14.5 Å². The van der Waals surface area contributed by atoms with Crippen LogP contribution in [0.25, 0.3) is 0 Å². The topological polar surface area (TPSA) is 85.8 Å². The number of imidazole rings is 1. The number of carboxylic acid groups (broad SMARTS) is 1. The van der Waals surface area contributed by atoms with Crippen molar-refractivity contribution >= 4 is 5.97 Å².